The Kier molecular flexibility index (Phi) is 7.64. The first-order valence-corrected chi connectivity index (χ1v) is 11.9. The summed E-state index contributed by atoms with van der Waals surface area (Å²) in [6, 6.07) is 12.3. The molecule has 2 heterocycles. The van der Waals surface area contributed by atoms with Crippen molar-refractivity contribution < 1.29 is 19.4 Å². The van der Waals surface area contributed by atoms with Crippen LogP contribution in [0.2, 0.25) is 0 Å². The van der Waals surface area contributed by atoms with E-state index in [-0.39, 0.29) is 12.4 Å². The van der Waals surface area contributed by atoms with Gasteiger partial charge in [-0.1, -0.05) is 12.1 Å². The number of aliphatic hydroxyl groups excluding tert-OH is 1. The molecule has 0 aliphatic carbocycles. The van der Waals surface area contributed by atoms with Crippen molar-refractivity contribution in [3.05, 3.63) is 57.6 Å². The van der Waals surface area contributed by atoms with Crippen LogP contribution in [0.5, 0.6) is 11.5 Å². The maximum atomic E-state index is 12.1. The van der Waals surface area contributed by atoms with E-state index >= 15 is 0 Å². The molecular formula is C25H30BrNO4. The van der Waals surface area contributed by atoms with E-state index in [0.29, 0.717) is 25.6 Å². The van der Waals surface area contributed by atoms with Gasteiger partial charge in [0.15, 0.2) is 5.78 Å². The smallest absolute Gasteiger partial charge is 0.170 e. The van der Waals surface area contributed by atoms with Crippen LogP contribution in [0, 0.1) is 5.92 Å². The monoisotopic (exact) mass is 487 g/mol. The van der Waals surface area contributed by atoms with E-state index in [1.807, 2.05) is 18.2 Å². The summed E-state index contributed by atoms with van der Waals surface area (Å²) in [6.07, 6.45) is 4.89. The fourth-order valence-corrected chi connectivity index (χ4v) is 4.80. The topological polar surface area (TPSA) is 59.0 Å². The summed E-state index contributed by atoms with van der Waals surface area (Å²) in [6.45, 7) is 4.08. The average molecular weight is 488 g/mol. The lowest BCUT2D eigenvalue weighted by atomic mass is 9.90. The van der Waals surface area contributed by atoms with Crippen molar-refractivity contribution in [2.45, 2.75) is 32.1 Å². The Morgan fingerprint density at radius 2 is 1.94 bits per heavy atom. The zero-order valence-corrected chi connectivity index (χ0v) is 19.4. The number of carbonyl (C=O) groups is 1. The normalized spacial score (nSPS) is 17.3. The van der Waals surface area contributed by atoms with Crippen LogP contribution in [0.3, 0.4) is 0 Å². The lowest BCUT2D eigenvalue weighted by Crippen LogP contribution is -2.35. The molecular weight excluding hydrogens is 458 g/mol. The molecule has 2 aliphatic heterocycles. The number of hydrogen-bond acceptors (Lipinski definition) is 5. The number of ether oxygens (including phenoxy) is 2. The number of likely N-dealkylation sites (tertiary alicyclic amines) is 1. The summed E-state index contributed by atoms with van der Waals surface area (Å²) >= 11 is 3.51. The highest BCUT2D eigenvalue weighted by molar-refractivity contribution is 9.10. The number of ketones is 1. The van der Waals surface area contributed by atoms with Gasteiger partial charge in [-0.25, -0.2) is 0 Å². The Morgan fingerprint density at radius 1 is 1.13 bits per heavy atom. The lowest BCUT2D eigenvalue weighted by Gasteiger charge is -2.32. The van der Waals surface area contributed by atoms with Gasteiger partial charge in [-0.15, -0.1) is 0 Å². The summed E-state index contributed by atoms with van der Waals surface area (Å²) < 4.78 is 12.1. The third kappa shape index (κ3) is 5.88. The number of carbonyl (C=O) groups excluding carboxylic acids is 1. The number of aliphatic hydroxyl groups is 1. The fraction of sp³-hybridized carbons (Fsp3) is 0.480. The molecule has 2 aromatic rings. The number of piperidine rings is 1. The second kappa shape index (κ2) is 10.6. The standard InChI is InChI=1S/C25H30BrNO4/c26-22-3-1-20(17-25(22)31-14-12-28)15-19-6-10-27(11-7-19)9-5-18-2-4-24-21(16-18)23(29)8-13-30-24/h1-4,16-17,19,28H,5-15H2. The van der Waals surface area contributed by atoms with Crippen molar-refractivity contribution in [1.29, 1.82) is 0 Å². The number of Topliss-reactive ketones (excluding diaryl/α,β-unsaturated/α-hetero) is 1. The van der Waals surface area contributed by atoms with Crippen molar-refractivity contribution in [3.63, 3.8) is 0 Å². The second-order valence-electron chi connectivity index (χ2n) is 8.43. The first kappa shape index (κ1) is 22.3. The van der Waals surface area contributed by atoms with Gasteiger partial charge in [-0.3, -0.25) is 4.79 Å². The molecule has 0 atom stereocenters. The summed E-state index contributed by atoms with van der Waals surface area (Å²) in [4.78, 5) is 14.6. The molecule has 1 N–H and O–H groups in total. The molecule has 5 nitrogen and oxygen atoms in total. The van der Waals surface area contributed by atoms with Crippen LogP contribution in [-0.2, 0) is 12.8 Å². The van der Waals surface area contributed by atoms with Crippen LogP contribution in [-0.4, -0.2) is 55.2 Å². The first-order valence-electron chi connectivity index (χ1n) is 11.2. The van der Waals surface area contributed by atoms with Crippen molar-refractivity contribution in [2.24, 2.45) is 5.92 Å². The molecule has 1 fully saturated rings. The molecule has 0 unspecified atom stereocenters. The minimum Gasteiger partial charge on any atom is -0.492 e. The fourth-order valence-electron chi connectivity index (χ4n) is 4.44. The lowest BCUT2D eigenvalue weighted by molar-refractivity contribution is 0.0933. The van der Waals surface area contributed by atoms with Crippen LogP contribution in [0.1, 0.15) is 40.7 Å². The Labute approximate surface area is 192 Å². The van der Waals surface area contributed by atoms with Crippen molar-refractivity contribution in [2.75, 3.05) is 39.5 Å². The predicted molar refractivity (Wildman–Crippen MR) is 124 cm³/mol. The average Bonchev–Trinajstić information content (AvgIpc) is 2.79. The summed E-state index contributed by atoms with van der Waals surface area (Å²) in [5.74, 6) is 2.42. The quantitative estimate of drug-likeness (QED) is 0.601. The molecule has 0 amide bonds. The number of fused-ring (bicyclic) bond motifs is 1. The predicted octanol–water partition coefficient (Wildman–Crippen LogP) is 4.28. The van der Waals surface area contributed by atoms with E-state index in [4.69, 9.17) is 14.6 Å². The highest BCUT2D eigenvalue weighted by Crippen LogP contribution is 2.30. The Balaban J connectivity index is 1.25. The van der Waals surface area contributed by atoms with E-state index < -0.39 is 0 Å². The maximum absolute atomic E-state index is 12.1. The van der Waals surface area contributed by atoms with Gasteiger partial charge >= 0.3 is 0 Å². The van der Waals surface area contributed by atoms with E-state index in [1.165, 1.54) is 24.0 Å². The highest BCUT2D eigenvalue weighted by Gasteiger charge is 2.21. The van der Waals surface area contributed by atoms with Crippen LogP contribution >= 0.6 is 15.9 Å². The largest absolute Gasteiger partial charge is 0.492 e. The molecule has 0 radical (unpaired) electrons. The molecule has 1 saturated heterocycles. The minimum atomic E-state index is 0.0185. The van der Waals surface area contributed by atoms with Gasteiger partial charge < -0.3 is 19.5 Å². The first-order chi connectivity index (χ1) is 15.1. The number of benzene rings is 2. The molecule has 2 aliphatic rings. The summed E-state index contributed by atoms with van der Waals surface area (Å²) in [7, 11) is 0. The van der Waals surface area contributed by atoms with Crippen molar-refractivity contribution in [3.8, 4) is 11.5 Å². The van der Waals surface area contributed by atoms with E-state index in [2.05, 4.69) is 39.0 Å². The van der Waals surface area contributed by atoms with E-state index in [9.17, 15) is 4.79 Å². The number of rotatable bonds is 8. The number of nitrogens with zero attached hydrogens (tertiary/aromatic N) is 1. The third-order valence-corrected chi connectivity index (χ3v) is 6.88. The van der Waals surface area contributed by atoms with Gasteiger partial charge in [0.2, 0.25) is 0 Å². The SMILES string of the molecule is O=C1CCOc2ccc(CCN3CCC(Cc4ccc(Br)c(OCCO)c4)CC3)cc21. The number of hydrogen-bond donors (Lipinski definition) is 1. The van der Waals surface area contributed by atoms with E-state index in [0.717, 1.165) is 54.0 Å². The van der Waals surface area contributed by atoms with Crippen molar-refractivity contribution >= 4 is 21.7 Å². The van der Waals surface area contributed by atoms with Crippen LogP contribution in [0.25, 0.3) is 0 Å². The molecule has 0 aromatic heterocycles. The second-order valence-corrected chi connectivity index (χ2v) is 9.28. The van der Waals surface area contributed by atoms with Crippen LogP contribution in [0.15, 0.2) is 40.9 Å². The molecule has 31 heavy (non-hydrogen) atoms. The zero-order chi connectivity index (χ0) is 21.6. The minimum absolute atomic E-state index is 0.0185. The van der Waals surface area contributed by atoms with Crippen LogP contribution in [0.4, 0.5) is 0 Å². The molecule has 6 heteroatoms. The molecule has 2 aromatic carbocycles. The van der Waals surface area contributed by atoms with Gasteiger partial charge in [-0.05, 0) is 96.0 Å². The Hall–Kier alpha value is -1.89. The molecule has 0 spiro atoms. The molecule has 166 valence electrons. The van der Waals surface area contributed by atoms with Gasteiger partial charge in [-0.2, -0.15) is 0 Å². The third-order valence-electron chi connectivity index (χ3n) is 6.22. The zero-order valence-electron chi connectivity index (χ0n) is 17.8. The number of halogens is 1. The van der Waals surface area contributed by atoms with Gasteiger partial charge in [0.1, 0.15) is 18.1 Å². The van der Waals surface area contributed by atoms with Crippen molar-refractivity contribution in [1.82, 2.24) is 4.90 Å². The van der Waals surface area contributed by atoms with Gasteiger partial charge in [0.25, 0.3) is 0 Å². The van der Waals surface area contributed by atoms with Gasteiger partial charge in [0, 0.05) is 13.0 Å². The van der Waals surface area contributed by atoms with E-state index in [1.54, 1.807) is 0 Å². The molecule has 4 rings (SSSR count). The van der Waals surface area contributed by atoms with Gasteiger partial charge in [0.05, 0.1) is 23.2 Å². The van der Waals surface area contributed by atoms with Crippen LogP contribution < -0.4 is 9.47 Å². The molecule has 0 bridgehead atoms. The highest BCUT2D eigenvalue weighted by atomic mass is 79.9. The Bertz CT molecular complexity index is 908. The summed E-state index contributed by atoms with van der Waals surface area (Å²) in [5, 5.41) is 8.99. The summed E-state index contributed by atoms with van der Waals surface area (Å²) in [5.41, 5.74) is 3.25. The molecule has 0 saturated carbocycles. The Morgan fingerprint density at radius 3 is 2.74 bits per heavy atom. The maximum Gasteiger partial charge on any atom is 0.170 e.